The maximum absolute atomic E-state index is 10.2. The number of benzene rings is 2. The van der Waals surface area contributed by atoms with Gasteiger partial charge in [0.1, 0.15) is 23.0 Å². The van der Waals surface area contributed by atoms with Gasteiger partial charge in [-0.25, -0.2) is 0 Å². The van der Waals surface area contributed by atoms with Gasteiger partial charge in [0.05, 0.1) is 40.6 Å². The summed E-state index contributed by atoms with van der Waals surface area (Å²) in [6, 6.07) is 16.0. The van der Waals surface area contributed by atoms with E-state index in [4.69, 9.17) is 18.9 Å². The molecule has 0 N–H and O–H groups in total. The Morgan fingerprint density at radius 3 is 2.22 bits per heavy atom. The van der Waals surface area contributed by atoms with Crippen molar-refractivity contribution in [3.05, 3.63) is 77.9 Å². The largest absolute Gasteiger partial charge is 0.497 e. The van der Waals surface area contributed by atoms with Gasteiger partial charge in [0, 0.05) is 23.5 Å². The molecule has 0 bridgehead atoms. The standard InChI is InChI=1S/C31H34N2O4/c1-6-17-31(20-32,21-33)28-10-8-7-9-26(28)25(27-19-24(35-3)13-16-30(27)37-5)14-11-22-18-23(34-2)12-15-29(22)36-4/h6,10-16,18-19,25-26H,1,7-9,17H2,2-5H3/b14-11+. The Morgan fingerprint density at radius 2 is 1.62 bits per heavy atom. The molecule has 2 aromatic rings. The summed E-state index contributed by atoms with van der Waals surface area (Å²) < 4.78 is 22.3. The molecule has 37 heavy (non-hydrogen) atoms. The molecular weight excluding hydrogens is 464 g/mol. The molecule has 0 spiro atoms. The van der Waals surface area contributed by atoms with Crippen LogP contribution in [0, 0.1) is 34.0 Å². The Morgan fingerprint density at radius 1 is 0.973 bits per heavy atom. The SMILES string of the molecule is C=CCC(C#N)(C#N)C1=CCCCC1C(/C=C/c1cc(OC)ccc1OC)c1cc(OC)ccc1OC. The van der Waals surface area contributed by atoms with Crippen LogP contribution < -0.4 is 18.9 Å². The molecule has 6 heteroatoms. The average molecular weight is 499 g/mol. The van der Waals surface area contributed by atoms with E-state index in [2.05, 4.69) is 30.9 Å². The van der Waals surface area contributed by atoms with Crippen molar-refractivity contribution in [3.63, 3.8) is 0 Å². The van der Waals surface area contributed by atoms with Crippen LogP contribution in [-0.4, -0.2) is 28.4 Å². The molecule has 2 atom stereocenters. The van der Waals surface area contributed by atoms with Crippen molar-refractivity contribution in [1.29, 1.82) is 10.5 Å². The summed E-state index contributed by atoms with van der Waals surface area (Å²) in [5.74, 6) is 2.52. The van der Waals surface area contributed by atoms with Gasteiger partial charge in [-0.15, -0.1) is 6.58 Å². The molecule has 0 fully saturated rings. The fourth-order valence-electron chi connectivity index (χ4n) is 5.08. The van der Waals surface area contributed by atoms with Crippen LogP contribution in [0.25, 0.3) is 6.08 Å². The Bertz CT molecular complexity index is 1230. The summed E-state index contributed by atoms with van der Waals surface area (Å²) >= 11 is 0. The molecule has 6 nitrogen and oxygen atoms in total. The quantitative estimate of drug-likeness (QED) is 0.315. The zero-order chi connectivity index (χ0) is 26.8. The first-order valence-corrected chi connectivity index (χ1v) is 12.3. The summed E-state index contributed by atoms with van der Waals surface area (Å²) in [5, 5.41) is 20.4. The lowest BCUT2D eigenvalue weighted by Gasteiger charge is -2.36. The van der Waals surface area contributed by atoms with E-state index in [9.17, 15) is 10.5 Å². The lowest BCUT2D eigenvalue weighted by atomic mass is 9.65. The summed E-state index contributed by atoms with van der Waals surface area (Å²) in [7, 11) is 6.53. The minimum atomic E-state index is -1.28. The van der Waals surface area contributed by atoms with Gasteiger partial charge in [0.2, 0.25) is 0 Å². The topological polar surface area (TPSA) is 84.5 Å². The van der Waals surface area contributed by atoms with Crippen molar-refractivity contribution in [2.45, 2.75) is 31.6 Å². The second-order valence-electron chi connectivity index (χ2n) is 8.92. The van der Waals surface area contributed by atoms with E-state index in [-0.39, 0.29) is 18.3 Å². The maximum Gasteiger partial charge on any atom is 0.168 e. The van der Waals surface area contributed by atoms with Crippen LogP contribution in [0.3, 0.4) is 0 Å². The highest BCUT2D eigenvalue weighted by Crippen LogP contribution is 2.49. The normalized spacial score (nSPS) is 16.2. The van der Waals surface area contributed by atoms with E-state index in [1.807, 2.05) is 42.5 Å². The van der Waals surface area contributed by atoms with Crippen molar-refractivity contribution in [3.8, 4) is 35.1 Å². The Hall–Kier alpha value is -4.16. The van der Waals surface area contributed by atoms with E-state index in [1.54, 1.807) is 34.5 Å². The van der Waals surface area contributed by atoms with Crippen LogP contribution in [0.1, 0.15) is 42.7 Å². The number of methoxy groups -OCH3 is 4. The van der Waals surface area contributed by atoms with Crippen LogP contribution in [0.2, 0.25) is 0 Å². The molecule has 0 aromatic heterocycles. The third kappa shape index (κ3) is 5.81. The molecule has 0 saturated carbocycles. The van der Waals surface area contributed by atoms with Crippen LogP contribution in [0.15, 0.2) is 66.8 Å². The van der Waals surface area contributed by atoms with Crippen LogP contribution in [-0.2, 0) is 0 Å². The van der Waals surface area contributed by atoms with E-state index in [0.717, 1.165) is 36.0 Å². The smallest absolute Gasteiger partial charge is 0.168 e. The molecule has 3 rings (SSSR count). The van der Waals surface area contributed by atoms with Crippen molar-refractivity contribution in [1.82, 2.24) is 0 Å². The summed E-state index contributed by atoms with van der Waals surface area (Å²) in [6.45, 7) is 3.82. The molecule has 0 radical (unpaired) electrons. The van der Waals surface area contributed by atoms with Crippen LogP contribution >= 0.6 is 0 Å². The van der Waals surface area contributed by atoms with E-state index in [1.165, 1.54) is 0 Å². The van der Waals surface area contributed by atoms with Gasteiger partial charge in [0.25, 0.3) is 0 Å². The van der Waals surface area contributed by atoms with Gasteiger partial charge in [0.15, 0.2) is 5.41 Å². The lowest BCUT2D eigenvalue weighted by molar-refractivity contribution is 0.374. The van der Waals surface area contributed by atoms with Crippen LogP contribution in [0.4, 0.5) is 0 Å². The van der Waals surface area contributed by atoms with Gasteiger partial charge in [-0.1, -0.05) is 24.3 Å². The fourth-order valence-corrected chi connectivity index (χ4v) is 5.08. The van der Waals surface area contributed by atoms with E-state index in [0.29, 0.717) is 23.0 Å². The van der Waals surface area contributed by atoms with Crippen molar-refractivity contribution in [2.75, 3.05) is 28.4 Å². The first kappa shape index (κ1) is 27.4. The maximum atomic E-state index is 10.2. The monoisotopic (exact) mass is 498 g/mol. The highest BCUT2D eigenvalue weighted by Gasteiger charge is 2.42. The first-order chi connectivity index (χ1) is 18.0. The highest BCUT2D eigenvalue weighted by atomic mass is 16.5. The Labute approximate surface area is 220 Å². The number of rotatable bonds is 11. The molecule has 0 heterocycles. The third-order valence-electron chi connectivity index (χ3n) is 6.96. The molecule has 1 aliphatic rings. The van der Waals surface area contributed by atoms with E-state index >= 15 is 0 Å². The molecule has 2 unspecified atom stereocenters. The average Bonchev–Trinajstić information content (AvgIpc) is 2.96. The van der Waals surface area contributed by atoms with Crippen molar-refractivity contribution in [2.24, 2.45) is 11.3 Å². The first-order valence-electron chi connectivity index (χ1n) is 12.3. The Balaban J connectivity index is 2.24. The second kappa shape index (κ2) is 12.7. The zero-order valence-corrected chi connectivity index (χ0v) is 22.0. The lowest BCUT2D eigenvalue weighted by Crippen LogP contribution is -2.29. The van der Waals surface area contributed by atoms with E-state index < -0.39 is 5.41 Å². The van der Waals surface area contributed by atoms with Crippen molar-refractivity contribution < 1.29 is 18.9 Å². The molecular formula is C31H34N2O4. The molecule has 0 aliphatic heterocycles. The number of allylic oxidation sites excluding steroid dienone is 4. The van der Waals surface area contributed by atoms with Gasteiger partial charge in [-0.2, -0.15) is 10.5 Å². The predicted octanol–water partition coefficient (Wildman–Crippen LogP) is 6.85. The number of hydrogen-bond donors (Lipinski definition) is 0. The zero-order valence-electron chi connectivity index (χ0n) is 22.0. The van der Waals surface area contributed by atoms with Gasteiger partial charge in [-0.3, -0.25) is 0 Å². The molecule has 0 saturated heterocycles. The summed E-state index contributed by atoms with van der Waals surface area (Å²) in [5.41, 5.74) is 1.33. The molecule has 1 aliphatic carbocycles. The minimum Gasteiger partial charge on any atom is -0.497 e. The molecule has 192 valence electrons. The van der Waals surface area contributed by atoms with Crippen LogP contribution in [0.5, 0.6) is 23.0 Å². The van der Waals surface area contributed by atoms with Gasteiger partial charge < -0.3 is 18.9 Å². The number of nitrogens with zero attached hydrogens (tertiary/aromatic N) is 2. The number of ether oxygens (including phenoxy) is 4. The van der Waals surface area contributed by atoms with Gasteiger partial charge >= 0.3 is 0 Å². The van der Waals surface area contributed by atoms with Crippen molar-refractivity contribution >= 4 is 6.08 Å². The van der Waals surface area contributed by atoms with Gasteiger partial charge in [-0.05, 0) is 67.2 Å². The second-order valence-corrected chi connectivity index (χ2v) is 8.92. The minimum absolute atomic E-state index is 0.109. The highest BCUT2D eigenvalue weighted by molar-refractivity contribution is 5.61. The Kier molecular flexibility index (Phi) is 9.41. The number of hydrogen-bond acceptors (Lipinski definition) is 6. The third-order valence-corrected chi connectivity index (χ3v) is 6.96. The predicted molar refractivity (Wildman–Crippen MR) is 145 cm³/mol. The number of nitriles is 2. The summed E-state index contributed by atoms with van der Waals surface area (Å²) in [4.78, 5) is 0. The molecule has 0 amide bonds. The fraction of sp³-hybridized carbons (Fsp3) is 0.355. The molecule has 2 aromatic carbocycles. The summed E-state index contributed by atoms with van der Waals surface area (Å²) in [6.07, 6.45) is 10.7.